The van der Waals surface area contributed by atoms with Crippen LogP contribution in [-0.2, 0) is 16.1 Å². The molecule has 0 bridgehead atoms. The quantitative estimate of drug-likeness (QED) is 0.896. The molecule has 2 fully saturated rings. The molecule has 1 atom stereocenters. The van der Waals surface area contributed by atoms with E-state index in [9.17, 15) is 9.59 Å². The Morgan fingerprint density at radius 1 is 1.38 bits per heavy atom. The summed E-state index contributed by atoms with van der Waals surface area (Å²) in [5.41, 5.74) is 0.937. The first-order valence-corrected chi connectivity index (χ1v) is 7.78. The van der Waals surface area contributed by atoms with Gasteiger partial charge in [0, 0.05) is 11.0 Å². The Morgan fingerprint density at radius 3 is 2.81 bits per heavy atom. The van der Waals surface area contributed by atoms with Crippen molar-refractivity contribution >= 4 is 27.7 Å². The number of carbonyl (C=O) groups excluding carboxylic acids is 2. The number of piperazine rings is 1. The van der Waals surface area contributed by atoms with Crippen LogP contribution in [0.4, 0.5) is 0 Å². The molecule has 0 radical (unpaired) electrons. The summed E-state index contributed by atoms with van der Waals surface area (Å²) in [7, 11) is 1.61. The van der Waals surface area contributed by atoms with E-state index in [0.717, 1.165) is 28.6 Å². The van der Waals surface area contributed by atoms with Gasteiger partial charge in [0.25, 0.3) is 0 Å². The van der Waals surface area contributed by atoms with Gasteiger partial charge in [0.05, 0.1) is 13.7 Å². The Balaban J connectivity index is 1.79. The third-order valence-electron chi connectivity index (χ3n) is 3.94. The van der Waals surface area contributed by atoms with Gasteiger partial charge in [0.15, 0.2) is 0 Å². The number of rotatable bonds is 4. The van der Waals surface area contributed by atoms with Crippen molar-refractivity contribution in [3.63, 3.8) is 0 Å². The molecule has 1 heterocycles. The molecule has 2 amide bonds. The zero-order valence-corrected chi connectivity index (χ0v) is 13.4. The van der Waals surface area contributed by atoms with E-state index in [4.69, 9.17) is 4.74 Å². The fourth-order valence-corrected chi connectivity index (χ4v) is 2.99. The first-order valence-electron chi connectivity index (χ1n) is 6.99. The molecular formula is C15H17BrN2O3. The Kier molecular flexibility index (Phi) is 3.89. The number of benzene rings is 1. The van der Waals surface area contributed by atoms with Crippen molar-refractivity contribution in [1.82, 2.24) is 10.2 Å². The molecule has 1 unspecified atom stereocenters. The van der Waals surface area contributed by atoms with Crippen molar-refractivity contribution in [1.29, 1.82) is 0 Å². The predicted molar refractivity (Wildman–Crippen MR) is 80.8 cm³/mol. The number of nitrogens with zero attached hydrogens (tertiary/aromatic N) is 1. The third-order valence-corrected chi connectivity index (χ3v) is 4.71. The molecule has 1 aromatic rings. The number of halogens is 1. The van der Waals surface area contributed by atoms with Crippen molar-refractivity contribution in [2.24, 2.45) is 5.92 Å². The SMILES string of the molecule is COc1ccc(Br)c(CN2CC(=O)NC(C3CC3)C2=O)c1. The molecule has 1 N–H and O–H groups in total. The van der Waals surface area contributed by atoms with Crippen LogP contribution in [0.2, 0.25) is 0 Å². The summed E-state index contributed by atoms with van der Waals surface area (Å²) in [5.74, 6) is 0.996. The van der Waals surface area contributed by atoms with Gasteiger partial charge in [0.1, 0.15) is 11.8 Å². The second-order valence-corrected chi connectivity index (χ2v) is 6.39. The van der Waals surface area contributed by atoms with Gasteiger partial charge in [-0.1, -0.05) is 15.9 Å². The number of hydrogen-bond acceptors (Lipinski definition) is 3. The van der Waals surface area contributed by atoms with Crippen molar-refractivity contribution < 1.29 is 14.3 Å². The second-order valence-electron chi connectivity index (χ2n) is 5.53. The average molecular weight is 353 g/mol. The standard InChI is InChI=1S/C15H17BrN2O3/c1-21-11-4-5-12(16)10(6-11)7-18-8-13(19)17-14(15(18)20)9-2-3-9/h4-6,9,14H,2-3,7-8H2,1H3,(H,17,19). The first-order chi connectivity index (χ1) is 10.1. The molecular weight excluding hydrogens is 336 g/mol. The molecule has 1 saturated carbocycles. The summed E-state index contributed by atoms with van der Waals surface area (Å²) in [6.07, 6.45) is 2.04. The molecule has 2 aliphatic rings. The lowest BCUT2D eigenvalue weighted by Gasteiger charge is -2.33. The third kappa shape index (κ3) is 3.05. The van der Waals surface area contributed by atoms with Gasteiger partial charge in [0.2, 0.25) is 11.8 Å². The lowest BCUT2D eigenvalue weighted by molar-refractivity contribution is -0.145. The van der Waals surface area contributed by atoms with E-state index in [-0.39, 0.29) is 24.4 Å². The van der Waals surface area contributed by atoms with Crippen LogP contribution in [0.25, 0.3) is 0 Å². The highest BCUT2D eigenvalue weighted by atomic mass is 79.9. The van der Waals surface area contributed by atoms with Crippen molar-refractivity contribution in [2.45, 2.75) is 25.4 Å². The molecule has 3 rings (SSSR count). The van der Waals surface area contributed by atoms with Gasteiger partial charge in [-0.2, -0.15) is 0 Å². The van der Waals surface area contributed by atoms with E-state index in [0.29, 0.717) is 12.5 Å². The lowest BCUT2D eigenvalue weighted by atomic mass is 10.1. The minimum absolute atomic E-state index is 0.0202. The Bertz CT molecular complexity index is 586. The lowest BCUT2D eigenvalue weighted by Crippen LogP contribution is -2.58. The maximum absolute atomic E-state index is 12.5. The number of nitrogens with one attached hydrogen (secondary N) is 1. The zero-order chi connectivity index (χ0) is 15.0. The molecule has 21 heavy (non-hydrogen) atoms. The van der Waals surface area contributed by atoms with Crippen molar-refractivity contribution in [3.05, 3.63) is 28.2 Å². The van der Waals surface area contributed by atoms with E-state index < -0.39 is 0 Å². The number of amides is 2. The molecule has 112 valence electrons. The summed E-state index contributed by atoms with van der Waals surface area (Å²) < 4.78 is 6.12. The minimum atomic E-state index is -0.337. The number of carbonyl (C=O) groups is 2. The summed E-state index contributed by atoms with van der Waals surface area (Å²) >= 11 is 3.48. The largest absolute Gasteiger partial charge is 0.497 e. The number of ether oxygens (including phenoxy) is 1. The maximum Gasteiger partial charge on any atom is 0.246 e. The van der Waals surface area contributed by atoms with Crippen molar-refractivity contribution in [2.75, 3.05) is 13.7 Å². The van der Waals surface area contributed by atoms with Gasteiger partial charge >= 0.3 is 0 Å². The van der Waals surface area contributed by atoms with Crippen LogP contribution in [-0.4, -0.2) is 36.4 Å². The average Bonchev–Trinajstić information content (AvgIpc) is 3.29. The summed E-state index contributed by atoms with van der Waals surface area (Å²) in [5, 5.41) is 2.81. The summed E-state index contributed by atoms with van der Waals surface area (Å²) in [6, 6.07) is 5.29. The molecule has 1 aliphatic carbocycles. The van der Waals surface area contributed by atoms with Gasteiger partial charge in [-0.3, -0.25) is 9.59 Å². The molecule has 0 aromatic heterocycles. The van der Waals surface area contributed by atoms with E-state index in [2.05, 4.69) is 21.2 Å². The Hall–Kier alpha value is -1.56. The number of hydrogen-bond donors (Lipinski definition) is 1. The molecule has 1 saturated heterocycles. The molecule has 0 spiro atoms. The van der Waals surface area contributed by atoms with Gasteiger partial charge in [-0.15, -0.1) is 0 Å². The number of methoxy groups -OCH3 is 1. The molecule has 6 heteroatoms. The van der Waals surface area contributed by atoms with E-state index in [1.165, 1.54) is 0 Å². The Labute approximate surface area is 131 Å². The van der Waals surface area contributed by atoms with Crippen LogP contribution in [0, 0.1) is 5.92 Å². The van der Waals surface area contributed by atoms with Crippen LogP contribution in [0.3, 0.4) is 0 Å². The van der Waals surface area contributed by atoms with Crippen LogP contribution in [0.15, 0.2) is 22.7 Å². The normalized spacial score (nSPS) is 22.2. The highest BCUT2D eigenvalue weighted by Crippen LogP contribution is 2.35. The first kappa shape index (κ1) is 14.4. The van der Waals surface area contributed by atoms with E-state index in [1.807, 2.05) is 18.2 Å². The highest BCUT2D eigenvalue weighted by Gasteiger charge is 2.42. The molecule has 1 aliphatic heterocycles. The van der Waals surface area contributed by atoms with Crippen LogP contribution < -0.4 is 10.1 Å². The fraction of sp³-hybridized carbons (Fsp3) is 0.467. The van der Waals surface area contributed by atoms with Gasteiger partial charge in [-0.25, -0.2) is 0 Å². The minimum Gasteiger partial charge on any atom is -0.497 e. The maximum atomic E-state index is 12.5. The van der Waals surface area contributed by atoms with Gasteiger partial charge < -0.3 is 15.0 Å². The summed E-state index contributed by atoms with van der Waals surface area (Å²) in [4.78, 5) is 25.9. The van der Waals surface area contributed by atoms with Crippen molar-refractivity contribution in [3.8, 4) is 5.75 Å². The zero-order valence-electron chi connectivity index (χ0n) is 11.8. The van der Waals surface area contributed by atoms with Crippen LogP contribution in [0.5, 0.6) is 5.75 Å². The van der Waals surface area contributed by atoms with Crippen LogP contribution >= 0.6 is 15.9 Å². The molecule has 1 aromatic carbocycles. The topological polar surface area (TPSA) is 58.6 Å². The van der Waals surface area contributed by atoms with E-state index in [1.54, 1.807) is 12.0 Å². The molecule has 5 nitrogen and oxygen atoms in total. The Morgan fingerprint density at radius 2 is 2.14 bits per heavy atom. The van der Waals surface area contributed by atoms with Crippen LogP contribution in [0.1, 0.15) is 18.4 Å². The fourth-order valence-electron chi connectivity index (χ4n) is 2.62. The van der Waals surface area contributed by atoms with E-state index >= 15 is 0 Å². The predicted octanol–water partition coefficient (Wildman–Crippen LogP) is 1.69. The second kappa shape index (κ2) is 5.67. The monoisotopic (exact) mass is 352 g/mol. The summed E-state index contributed by atoms with van der Waals surface area (Å²) in [6.45, 7) is 0.527. The highest BCUT2D eigenvalue weighted by molar-refractivity contribution is 9.10. The van der Waals surface area contributed by atoms with Gasteiger partial charge in [-0.05, 0) is 42.5 Å². The smallest absolute Gasteiger partial charge is 0.246 e.